The zero-order valence-electron chi connectivity index (χ0n) is 9.63. The van der Waals surface area contributed by atoms with Gasteiger partial charge in [0.2, 0.25) is 0 Å². The quantitative estimate of drug-likeness (QED) is 0.895. The number of aromatic amines is 1. The predicted molar refractivity (Wildman–Crippen MR) is 71.7 cm³/mol. The Morgan fingerprint density at radius 3 is 2.83 bits per heavy atom. The summed E-state index contributed by atoms with van der Waals surface area (Å²) in [4.78, 5) is 18.5. The largest absolute Gasteiger partial charge is 0.383 e. The lowest BCUT2D eigenvalue weighted by molar-refractivity contribution is 0.628. The molecule has 1 aromatic heterocycles. The third-order valence-corrected chi connectivity index (χ3v) is 3.28. The molecule has 0 amide bonds. The molecule has 0 unspecified atom stereocenters. The molecule has 0 aliphatic heterocycles. The van der Waals surface area contributed by atoms with E-state index in [4.69, 9.17) is 5.73 Å². The molecule has 0 atom stereocenters. The number of rotatable bonds is 2. The Labute approximate surface area is 111 Å². The molecule has 1 heterocycles. The first-order valence-electron chi connectivity index (χ1n) is 5.37. The molecule has 0 saturated carbocycles. The Balaban J connectivity index is 2.65. The standard InChI is InChI=1S/C12H11BrFN3O/c1-2-7-10(15)16-11(17-12(7)18)8-5-6(14)3-4-9(8)13/h3-5H,2H2,1H3,(H3,15,16,17,18). The minimum absolute atomic E-state index is 0.174. The maximum Gasteiger partial charge on any atom is 0.256 e. The van der Waals surface area contributed by atoms with Crippen molar-refractivity contribution in [3.8, 4) is 11.4 Å². The van der Waals surface area contributed by atoms with Crippen molar-refractivity contribution < 1.29 is 4.39 Å². The van der Waals surface area contributed by atoms with Crippen molar-refractivity contribution in [1.29, 1.82) is 0 Å². The first-order chi connectivity index (χ1) is 8.52. The van der Waals surface area contributed by atoms with Gasteiger partial charge < -0.3 is 10.7 Å². The van der Waals surface area contributed by atoms with Crippen LogP contribution in [0.1, 0.15) is 12.5 Å². The van der Waals surface area contributed by atoms with Crippen molar-refractivity contribution in [2.75, 3.05) is 5.73 Å². The first-order valence-corrected chi connectivity index (χ1v) is 6.16. The van der Waals surface area contributed by atoms with E-state index in [1.807, 2.05) is 6.92 Å². The number of benzene rings is 1. The molecule has 0 bridgehead atoms. The van der Waals surface area contributed by atoms with Crippen molar-refractivity contribution in [3.63, 3.8) is 0 Å². The number of nitrogen functional groups attached to an aromatic ring is 1. The van der Waals surface area contributed by atoms with Crippen LogP contribution >= 0.6 is 15.9 Å². The summed E-state index contributed by atoms with van der Waals surface area (Å²) in [5.41, 5.74) is 6.32. The SMILES string of the molecule is CCc1c(N)nc(-c2cc(F)ccc2Br)[nH]c1=O. The van der Waals surface area contributed by atoms with Crippen LogP contribution < -0.4 is 11.3 Å². The number of halogens is 2. The molecule has 18 heavy (non-hydrogen) atoms. The second-order valence-electron chi connectivity index (χ2n) is 3.76. The number of H-pyrrole nitrogens is 1. The molecular weight excluding hydrogens is 301 g/mol. The van der Waals surface area contributed by atoms with Crippen LogP contribution in [0.4, 0.5) is 10.2 Å². The minimum Gasteiger partial charge on any atom is -0.383 e. The maximum atomic E-state index is 13.2. The van der Waals surface area contributed by atoms with Crippen molar-refractivity contribution in [1.82, 2.24) is 9.97 Å². The van der Waals surface area contributed by atoms with Gasteiger partial charge in [0.15, 0.2) is 0 Å². The van der Waals surface area contributed by atoms with Crippen LogP contribution in [0.25, 0.3) is 11.4 Å². The van der Waals surface area contributed by atoms with E-state index in [1.165, 1.54) is 12.1 Å². The molecule has 3 N–H and O–H groups in total. The summed E-state index contributed by atoms with van der Waals surface area (Å²) in [7, 11) is 0. The first kappa shape index (κ1) is 12.8. The van der Waals surface area contributed by atoms with Crippen molar-refractivity contribution in [2.45, 2.75) is 13.3 Å². The average Bonchev–Trinajstić information content (AvgIpc) is 2.32. The molecule has 0 spiro atoms. The van der Waals surface area contributed by atoms with Gasteiger partial charge in [-0.05, 0) is 24.6 Å². The Morgan fingerprint density at radius 1 is 1.50 bits per heavy atom. The fourth-order valence-electron chi connectivity index (χ4n) is 1.66. The molecule has 94 valence electrons. The zero-order valence-corrected chi connectivity index (χ0v) is 11.2. The van der Waals surface area contributed by atoms with Gasteiger partial charge in [0, 0.05) is 10.0 Å². The lowest BCUT2D eigenvalue weighted by Gasteiger charge is -2.07. The van der Waals surface area contributed by atoms with E-state index in [-0.39, 0.29) is 17.2 Å². The summed E-state index contributed by atoms with van der Waals surface area (Å²) in [6, 6.07) is 4.15. The van der Waals surface area contributed by atoms with Gasteiger partial charge in [0.05, 0.1) is 5.56 Å². The molecule has 2 aromatic rings. The van der Waals surface area contributed by atoms with E-state index < -0.39 is 5.82 Å². The van der Waals surface area contributed by atoms with Crippen LogP contribution in [0.5, 0.6) is 0 Å². The monoisotopic (exact) mass is 311 g/mol. The lowest BCUT2D eigenvalue weighted by atomic mass is 10.2. The molecule has 1 aromatic carbocycles. The maximum absolute atomic E-state index is 13.2. The molecule has 0 aliphatic rings. The van der Waals surface area contributed by atoms with E-state index >= 15 is 0 Å². The minimum atomic E-state index is -0.408. The van der Waals surface area contributed by atoms with E-state index in [1.54, 1.807) is 6.07 Å². The van der Waals surface area contributed by atoms with Crippen LogP contribution in [-0.2, 0) is 6.42 Å². The summed E-state index contributed by atoms with van der Waals surface area (Å²) in [6.07, 6.45) is 0.499. The zero-order chi connectivity index (χ0) is 13.3. The van der Waals surface area contributed by atoms with Crippen LogP contribution in [-0.4, -0.2) is 9.97 Å². The number of anilines is 1. The lowest BCUT2D eigenvalue weighted by Crippen LogP contribution is -2.17. The number of nitrogens with two attached hydrogens (primary N) is 1. The number of aromatic nitrogens is 2. The fraction of sp³-hybridized carbons (Fsp3) is 0.167. The number of hydrogen-bond donors (Lipinski definition) is 2. The van der Waals surface area contributed by atoms with Gasteiger partial charge >= 0.3 is 0 Å². The summed E-state index contributed by atoms with van der Waals surface area (Å²) < 4.78 is 13.8. The number of nitrogens with zero attached hydrogens (tertiary/aromatic N) is 1. The molecular formula is C12H11BrFN3O. The summed E-state index contributed by atoms with van der Waals surface area (Å²) in [5, 5.41) is 0. The Morgan fingerprint density at radius 2 is 2.22 bits per heavy atom. The van der Waals surface area contributed by atoms with Gasteiger partial charge in [0.25, 0.3) is 5.56 Å². The Kier molecular flexibility index (Phi) is 3.47. The van der Waals surface area contributed by atoms with Crippen molar-refractivity contribution in [3.05, 3.63) is 44.4 Å². The summed E-state index contributed by atoms with van der Waals surface area (Å²) >= 11 is 3.28. The van der Waals surface area contributed by atoms with Gasteiger partial charge in [-0.15, -0.1) is 0 Å². The highest BCUT2D eigenvalue weighted by molar-refractivity contribution is 9.10. The fourth-order valence-corrected chi connectivity index (χ4v) is 2.10. The van der Waals surface area contributed by atoms with E-state index in [0.717, 1.165) is 0 Å². The van der Waals surface area contributed by atoms with Crippen molar-refractivity contribution in [2.24, 2.45) is 0 Å². The molecule has 2 rings (SSSR count). The highest BCUT2D eigenvalue weighted by Crippen LogP contribution is 2.26. The highest BCUT2D eigenvalue weighted by Gasteiger charge is 2.11. The molecule has 0 saturated heterocycles. The normalized spacial score (nSPS) is 10.6. The second-order valence-corrected chi connectivity index (χ2v) is 4.61. The van der Waals surface area contributed by atoms with Crippen LogP contribution in [0.2, 0.25) is 0 Å². The van der Waals surface area contributed by atoms with Gasteiger partial charge in [-0.3, -0.25) is 4.79 Å². The smallest absolute Gasteiger partial charge is 0.256 e. The number of hydrogen-bond acceptors (Lipinski definition) is 3. The molecule has 6 heteroatoms. The third-order valence-electron chi connectivity index (χ3n) is 2.58. The molecule has 4 nitrogen and oxygen atoms in total. The third kappa shape index (κ3) is 2.28. The highest BCUT2D eigenvalue weighted by atomic mass is 79.9. The summed E-state index contributed by atoms with van der Waals surface area (Å²) in [6.45, 7) is 1.82. The van der Waals surface area contributed by atoms with Crippen LogP contribution in [0, 0.1) is 5.82 Å². The van der Waals surface area contributed by atoms with Crippen LogP contribution in [0.3, 0.4) is 0 Å². The topological polar surface area (TPSA) is 71.8 Å². The molecule has 0 radical (unpaired) electrons. The van der Waals surface area contributed by atoms with E-state index in [0.29, 0.717) is 22.0 Å². The van der Waals surface area contributed by atoms with Gasteiger partial charge in [-0.1, -0.05) is 22.9 Å². The molecule has 0 aliphatic carbocycles. The Hall–Kier alpha value is -1.69. The summed E-state index contributed by atoms with van der Waals surface area (Å²) in [5.74, 6) is 0.0162. The van der Waals surface area contributed by atoms with Gasteiger partial charge in [0.1, 0.15) is 17.5 Å². The average molecular weight is 312 g/mol. The van der Waals surface area contributed by atoms with Gasteiger partial charge in [-0.25, -0.2) is 9.37 Å². The second kappa shape index (κ2) is 4.89. The van der Waals surface area contributed by atoms with E-state index in [2.05, 4.69) is 25.9 Å². The molecule has 0 fully saturated rings. The van der Waals surface area contributed by atoms with E-state index in [9.17, 15) is 9.18 Å². The predicted octanol–water partition coefficient (Wildman–Crippen LogP) is 2.48. The Bertz CT molecular complexity index is 654. The number of nitrogens with one attached hydrogen (secondary N) is 1. The van der Waals surface area contributed by atoms with Gasteiger partial charge in [-0.2, -0.15) is 0 Å². The van der Waals surface area contributed by atoms with Crippen molar-refractivity contribution >= 4 is 21.7 Å². The van der Waals surface area contributed by atoms with Crippen LogP contribution in [0.15, 0.2) is 27.5 Å².